The molecule has 0 heterocycles. The Hall–Kier alpha value is -6.19. The summed E-state index contributed by atoms with van der Waals surface area (Å²) in [4.78, 5) is 140. The molecule has 10 amide bonds. The Morgan fingerprint density at radius 2 is 0.808 bits per heavy atom. The van der Waals surface area contributed by atoms with Gasteiger partial charge in [0.2, 0.25) is 59.1 Å². The van der Waals surface area contributed by atoms with Crippen molar-refractivity contribution in [1.29, 1.82) is 0 Å². The standard InChI is InChI=1S/C51H98N16O11/c1-11-30(8)40(49(77)63-34(18-13-15-21-53)46(74)67-41(32(10)68)50(78)59-31(9)43(71)64-36(42(55)70)23-27(2)3)66-45(73)35(19-16-22-58-51(56)57)61-44(72)33(17-12-14-20-52)62-48(76)38(25-29(6)7)65-47(75)37(24-28(4)5)60-39(69)26-54/h27-38,40-41,68H,11-26,52-54H2,1-10H3,(H2,55,70)(H,59,78)(H,60,69)(H,61,72)(H,62,76)(H,63,77)(H,64,71)(H,65,75)(H,66,73)(H,67,74)(H4,56,57,58)/t30-,31-,32+,33-,34-,35-,36-,37-,38-,40-,41-/m0/s1. The second-order valence-corrected chi connectivity index (χ2v) is 21.3. The van der Waals surface area contributed by atoms with E-state index in [1.807, 2.05) is 41.5 Å². The van der Waals surface area contributed by atoms with E-state index in [1.165, 1.54) is 13.8 Å². The minimum atomic E-state index is -1.63. The van der Waals surface area contributed by atoms with Crippen LogP contribution in [0.4, 0.5) is 0 Å². The molecule has 0 unspecified atom stereocenters. The summed E-state index contributed by atoms with van der Waals surface area (Å²) in [6, 6.07) is -11.2. The lowest BCUT2D eigenvalue weighted by molar-refractivity contribution is -0.137. The molecular weight excluding hydrogens is 1010 g/mol. The average molecular weight is 1110 g/mol. The maximum absolute atomic E-state index is 14.4. The molecule has 0 fully saturated rings. The number of nitrogens with zero attached hydrogens (tertiary/aromatic N) is 1. The highest BCUT2D eigenvalue weighted by molar-refractivity contribution is 5.98. The smallest absolute Gasteiger partial charge is 0.245 e. The molecule has 0 radical (unpaired) electrons. The van der Waals surface area contributed by atoms with Gasteiger partial charge in [0.15, 0.2) is 5.96 Å². The highest BCUT2D eigenvalue weighted by Gasteiger charge is 2.37. The van der Waals surface area contributed by atoms with Gasteiger partial charge < -0.3 is 87.4 Å². The molecule has 11 atom stereocenters. The van der Waals surface area contributed by atoms with Gasteiger partial charge in [-0.2, -0.15) is 0 Å². The van der Waals surface area contributed by atoms with E-state index in [9.17, 15) is 53.1 Å². The van der Waals surface area contributed by atoms with Crippen LogP contribution >= 0.6 is 0 Å². The number of aliphatic hydroxyl groups is 1. The summed E-state index contributed by atoms with van der Waals surface area (Å²) in [7, 11) is 0. The second kappa shape index (κ2) is 38.4. The number of carbonyl (C=O) groups excluding carboxylic acids is 10. The van der Waals surface area contributed by atoms with Crippen molar-refractivity contribution < 1.29 is 53.1 Å². The topological polar surface area (TPSA) is 468 Å². The first-order valence-electron chi connectivity index (χ1n) is 27.4. The Morgan fingerprint density at radius 3 is 1.22 bits per heavy atom. The van der Waals surface area contributed by atoms with Gasteiger partial charge in [0.1, 0.15) is 54.4 Å². The van der Waals surface area contributed by atoms with Crippen molar-refractivity contribution >= 4 is 65.0 Å². The van der Waals surface area contributed by atoms with Crippen molar-refractivity contribution in [3.05, 3.63) is 0 Å². The number of unbranched alkanes of at least 4 members (excludes halogenated alkanes) is 2. The van der Waals surface area contributed by atoms with E-state index in [0.29, 0.717) is 32.1 Å². The molecule has 0 aromatic carbocycles. The summed E-state index contributed by atoms with van der Waals surface area (Å²) in [6.45, 7) is 17.3. The SMILES string of the molecule is CC[C@H](C)[C@H](NC(=O)[C@H](CCCN=C(N)N)NC(=O)[C@H](CCCCN)NC(=O)[C@H](CC(C)C)NC(=O)[C@H](CC(C)C)NC(=O)CN)C(=O)N[C@@H](CCCCN)C(=O)N[C@H](C(=O)N[C@@H](C)C(=O)N[C@@H](CC(C)C)C(N)=O)[C@@H](C)O. The van der Waals surface area contributed by atoms with Gasteiger partial charge in [0.05, 0.1) is 12.6 Å². The normalized spacial score (nSPS) is 15.6. The van der Waals surface area contributed by atoms with E-state index >= 15 is 0 Å². The van der Waals surface area contributed by atoms with E-state index in [0.717, 1.165) is 0 Å². The zero-order valence-corrected chi connectivity index (χ0v) is 47.8. The Bertz CT molecular complexity index is 1950. The highest BCUT2D eigenvalue weighted by Crippen LogP contribution is 2.14. The van der Waals surface area contributed by atoms with E-state index in [1.54, 1.807) is 13.8 Å². The van der Waals surface area contributed by atoms with Crippen LogP contribution in [0.2, 0.25) is 0 Å². The number of hydrogen-bond acceptors (Lipinski definition) is 15. The average Bonchev–Trinajstić information content (AvgIpc) is 3.35. The van der Waals surface area contributed by atoms with Crippen molar-refractivity contribution in [2.45, 2.75) is 207 Å². The summed E-state index contributed by atoms with van der Waals surface area (Å²) in [5.41, 5.74) is 33.6. The predicted octanol–water partition coefficient (Wildman–Crippen LogP) is -3.31. The third-order valence-electron chi connectivity index (χ3n) is 12.6. The van der Waals surface area contributed by atoms with Gasteiger partial charge in [-0.3, -0.25) is 52.9 Å². The summed E-state index contributed by atoms with van der Waals surface area (Å²) in [6.07, 6.45) is 1.33. The molecule has 0 bridgehead atoms. The number of guanidine groups is 1. The van der Waals surface area contributed by atoms with Gasteiger partial charge in [0.25, 0.3) is 0 Å². The van der Waals surface area contributed by atoms with E-state index in [4.69, 9.17) is 34.4 Å². The summed E-state index contributed by atoms with van der Waals surface area (Å²) >= 11 is 0. The van der Waals surface area contributed by atoms with Crippen LogP contribution in [-0.4, -0.2) is 157 Å². The van der Waals surface area contributed by atoms with Crippen LogP contribution in [-0.2, 0) is 47.9 Å². The fraction of sp³-hybridized carbons (Fsp3) is 0.784. The highest BCUT2D eigenvalue weighted by atomic mass is 16.3. The van der Waals surface area contributed by atoms with Crippen molar-refractivity contribution in [1.82, 2.24) is 47.9 Å². The number of nitrogens with one attached hydrogen (secondary N) is 9. The molecule has 27 heteroatoms. The predicted molar refractivity (Wildman–Crippen MR) is 297 cm³/mol. The number of nitrogens with two attached hydrogens (primary N) is 6. The van der Waals surface area contributed by atoms with E-state index < -0.39 is 125 Å². The minimum absolute atomic E-state index is 0.00108. The fourth-order valence-electron chi connectivity index (χ4n) is 8.03. The van der Waals surface area contributed by atoms with Gasteiger partial charge in [0, 0.05) is 6.54 Å². The molecule has 448 valence electrons. The van der Waals surface area contributed by atoms with Gasteiger partial charge in [-0.15, -0.1) is 0 Å². The molecule has 0 rings (SSSR count). The molecule has 78 heavy (non-hydrogen) atoms. The molecule has 0 spiro atoms. The number of primary amides is 1. The zero-order valence-electron chi connectivity index (χ0n) is 47.8. The number of amides is 10. The molecule has 22 N–H and O–H groups in total. The van der Waals surface area contributed by atoms with Crippen LogP contribution in [0.25, 0.3) is 0 Å². The third-order valence-corrected chi connectivity index (χ3v) is 12.6. The first kappa shape index (κ1) is 71.8. The number of aliphatic imine (C=N–C) groups is 1. The molecule has 0 aromatic heterocycles. The number of hydrogen-bond donors (Lipinski definition) is 16. The Balaban J connectivity index is 6.89. The monoisotopic (exact) mass is 1110 g/mol. The van der Waals surface area contributed by atoms with Crippen LogP contribution in [0.5, 0.6) is 0 Å². The fourth-order valence-corrected chi connectivity index (χ4v) is 8.03. The zero-order chi connectivity index (χ0) is 59.8. The quantitative estimate of drug-likeness (QED) is 0.0162. The van der Waals surface area contributed by atoms with Crippen LogP contribution in [0.15, 0.2) is 4.99 Å². The van der Waals surface area contributed by atoms with Crippen molar-refractivity contribution in [2.75, 3.05) is 26.2 Å². The number of rotatable bonds is 40. The molecule has 0 aromatic rings. The lowest BCUT2D eigenvalue weighted by Gasteiger charge is -2.30. The van der Waals surface area contributed by atoms with Gasteiger partial charge in [-0.25, -0.2) is 0 Å². The third kappa shape index (κ3) is 29.0. The molecule has 27 nitrogen and oxygen atoms in total. The summed E-state index contributed by atoms with van der Waals surface area (Å²) < 4.78 is 0. The molecule has 0 saturated heterocycles. The van der Waals surface area contributed by atoms with E-state index in [2.05, 4.69) is 52.8 Å². The maximum atomic E-state index is 14.4. The Kier molecular flexibility index (Phi) is 35.3. The largest absolute Gasteiger partial charge is 0.391 e. The molecule has 0 aliphatic carbocycles. The number of carbonyl (C=O) groups is 10. The summed E-state index contributed by atoms with van der Waals surface area (Å²) in [5, 5.41) is 34.4. The van der Waals surface area contributed by atoms with E-state index in [-0.39, 0.29) is 94.8 Å². The Morgan fingerprint density at radius 1 is 0.436 bits per heavy atom. The van der Waals surface area contributed by atoms with Crippen molar-refractivity contribution in [2.24, 2.45) is 63.1 Å². The number of aliphatic hydroxyl groups excluding tert-OH is 1. The molecule has 0 aliphatic rings. The Labute approximate surface area is 460 Å². The van der Waals surface area contributed by atoms with Crippen LogP contribution in [0.3, 0.4) is 0 Å². The van der Waals surface area contributed by atoms with Gasteiger partial charge in [-0.05, 0) is 121 Å². The van der Waals surface area contributed by atoms with Gasteiger partial charge in [-0.1, -0.05) is 61.8 Å². The molecular formula is C51H98N16O11. The molecule has 0 aliphatic heterocycles. The van der Waals surface area contributed by atoms with Crippen molar-refractivity contribution in [3.8, 4) is 0 Å². The molecule has 0 saturated carbocycles. The minimum Gasteiger partial charge on any atom is -0.391 e. The first-order valence-corrected chi connectivity index (χ1v) is 27.4. The lowest BCUT2D eigenvalue weighted by Crippen LogP contribution is -2.62. The van der Waals surface area contributed by atoms with Gasteiger partial charge >= 0.3 is 0 Å². The van der Waals surface area contributed by atoms with Crippen LogP contribution < -0.4 is 82.3 Å². The second-order valence-electron chi connectivity index (χ2n) is 21.3. The van der Waals surface area contributed by atoms with Crippen LogP contribution in [0.1, 0.15) is 146 Å². The summed E-state index contributed by atoms with van der Waals surface area (Å²) in [5.74, 6) is -8.48. The maximum Gasteiger partial charge on any atom is 0.245 e. The van der Waals surface area contributed by atoms with Crippen LogP contribution in [0, 0.1) is 23.7 Å². The lowest BCUT2D eigenvalue weighted by atomic mass is 9.96. The first-order chi connectivity index (χ1) is 36.5. The van der Waals surface area contributed by atoms with Crippen molar-refractivity contribution in [3.63, 3.8) is 0 Å².